The van der Waals surface area contributed by atoms with E-state index in [2.05, 4.69) is 15.2 Å². The number of aromatic nitrogens is 3. The van der Waals surface area contributed by atoms with E-state index >= 15 is 0 Å². The number of hydrogen-bond acceptors (Lipinski definition) is 4. The number of nitriles is 1. The number of nitrogens with one attached hydrogen (secondary N) is 1. The molecule has 0 atom stereocenters. The molecular formula is C17H11F3N4O. The van der Waals surface area contributed by atoms with Gasteiger partial charge in [-0.25, -0.2) is 4.98 Å². The van der Waals surface area contributed by atoms with Crippen LogP contribution in [0.3, 0.4) is 0 Å². The molecule has 0 amide bonds. The number of alkyl halides is 3. The van der Waals surface area contributed by atoms with Gasteiger partial charge in [0, 0.05) is 5.56 Å². The van der Waals surface area contributed by atoms with Crippen molar-refractivity contribution in [2.75, 3.05) is 0 Å². The van der Waals surface area contributed by atoms with Gasteiger partial charge in [-0.3, -0.25) is 5.10 Å². The van der Waals surface area contributed by atoms with Crippen LogP contribution >= 0.6 is 0 Å². The van der Waals surface area contributed by atoms with Gasteiger partial charge in [-0.2, -0.15) is 23.5 Å². The maximum absolute atomic E-state index is 12.7. The summed E-state index contributed by atoms with van der Waals surface area (Å²) in [7, 11) is 0. The van der Waals surface area contributed by atoms with E-state index in [1.54, 1.807) is 18.2 Å². The summed E-state index contributed by atoms with van der Waals surface area (Å²) in [5.74, 6) is 0.690. The molecule has 1 aromatic heterocycles. The molecule has 25 heavy (non-hydrogen) atoms. The maximum Gasteiger partial charge on any atom is 0.416 e. The molecule has 1 heterocycles. The molecule has 0 radical (unpaired) electrons. The Morgan fingerprint density at radius 3 is 2.68 bits per heavy atom. The molecule has 126 valence electrons. The molecule has 3 aromatic rings. The van der Waals surface area contributed by atoms with Gasteiger partial charge in [0.15, 0.2) is 5.82 Å². The van der Waals surface area contributed by atoms with Crippen LogP contribution in [0.4, 0.5) is 13.2 Å². The molecular weight excluding hydrogens is 333 g/mol. The van der Waals surface area contributed by atoms with Gasteiger partial charge in [-0.1, -0.05) is 18.2 Å². The van der Waals surface area contributed by atoms with E-state index in [1.165, 1.54) is 6.33 Å². The quantitative estimate of drug-likeness (QED) is 0.778. The van der Waals surface area contributed by atoms with E-state index in [1.807, 2.05) is 12.1 Å². The lowest BCUT2D eigenvalue weighted by atomic mass is 10.1. The number of rotatable bonds is 4. The molecule has 5 nitrogen and oxygen atoms in total. The van der Waals surface area contributed by atoms with Gasteiger partial charge in [0.2, 0.25) is 0 Å². The van der Waals surface area contributed by atoms with Crippen molar-refractivity contribution in [2.45, 2.75) is 12.8 Å². The number of aromatic amines is 1. The first-order valence-corrected chi connectivity index (χ1v) is 7.16. The first-order valence-electron chi connectivity index (χ1n) is 7.16. The van der Waals surface area contributed by atoms with Gasteiger partial charge < -0.3 is 4.74 Å². The first-order chi connectivity index (χ1) is 12.0. The normalized spacial score (nSPS) is 11.1. The number of benzene rings is 2. The Kier molecular flexibility index (Phi) is 4.39. The largest absolute Gasteiger partial charge is 0.488 e. The van der Waals surface area contributed by atoms with Gasteiger partial charge in [0.25, 0.3) is 0 Å². The number of ether oxygens (including phenoxy) is 1. The molecule has 1 N–H and O–H groups in total. The monoisotopic (exact) mass is 344 g/mol. The van der Waals surface area contributed by atoms with Crippen molar-refractivity contribution >= 4 is 0 Å². The third-order valence-corrected chi connectivity index (χ3v) is 3.44. The molecule has 0 spiro atoms. The molecule has 3 rings (SSSR count). The number of H-pyrrole nitrogens is 1. The van der Waals surface area contributed by atoms with Gasteiger partial charge in [-0.05, 0) is 29.8 Å². The van der Waals surface area contributed by atoms with Crippen LogP contribution in [0.15, 0.2) is 48.8 Å². The highest BCUT2D eigenvalue weighted by molar-refractivity contribution is 5.55. The van der Waals surface area contributed by atoms with E-state index in [-0.39, 0.29) is 17.9 Å². The second-order valence-electron chi connectivity index (χ2n) is 5.14. The van der Waals surface area contributed by atoms with Crippen molar-refractivity contribution in [3.05, 3.63) is 65.5 Å². The summed E-state index contributed by atoms with van der Waals surface area (Å²) in [6, 6.07) is 11.8. The molecule has 0 aliphatic rings. The summed E-state index contributed by atoms with van der Waals surface area (Å²) in [6.07, 6.45) is -3.12. The van der Waals surface area contributed by atoms with Crippen LogP contribution in [0.2, 0.25) is 0 Å². The lowest BCUT2D eigenvalue weighted by Gasteiger charge is -2.11. The number of nitrogens with zero attached hydrogens (tertiary/aromatic N) is 3. The second kappa shape index (κ2) is 6.65. The summed E-state index contributed by atoms with van der Waals surface area (Å²) >= 11 is 0. The molecule has 0 saturated heterocycles. The Bertz CT molecular complexity index is 914. The van der Waals surface area contributed by atoms with E-state index < -0.39 is 11.7 Å². The minimum atomic E-state index is -4.50. The van der Waals surface area contributed by atoms with Crippen LogP contribution in [-0.4, -0.2) is 15.2 Å². The van der Waals surface area contributed by atoms with E-state index in [4.69, 9.17) is 10.00 Å². The van der Waals surface area contributed by atoms with Crippen molar-refractivity contribution in [3.63, 3.8) is 0 Å². The molecule has 0 aliphatic carbocycles. The van der Waals surface area contributed by atoms with Gasteiger partial charge in [0.05, 0.1) is 11.1 Å². The Hall–Kier alpha value is -3.34. The SMILES string of the molecule is N#Cc1cc(C(F)(F)F)ccc1OCc1cccc(-c2ncn[nH]2)c1. The highest BCUT2D eigenvalue weighted by Gasteiger charge is 2.31. The zero-order valence-corrected chi connectivity index (χ0v) is 12.7. The lowest BCUT2D eigenvalue weighted by molar-refractivity contribution is -0.137. The summed E-state index contributed by atoms with van der Waals surface area (Å²) in [5, 5.41) is 15.6. The molecule has 0 aliphatic heterocycles. The van der Waals surface area contributed by atoms with Gasteiger partial charge >= 0.3 is 6.18 Å². The van der Waals surface area contributed by atoms with Crippen molar-refractivity contribution in [1.82, 2.24) is 15.2 Å². The fourth-order valence-corrected chi connectivity index (χ4v) is 2.23. The zero-order valence-electron chi connectivity index (χ0n) is 12.7. The summed E-state index contributed by atoms with van der Waals surface area (Å²) in [4.78, 5) is 4.05. The van der Waals surface area contributed by atoms with E-state index in [0.29, 0.717) is 5.82 Å². The highest BCUT2D eigenvalue weighted by atomic mass is 19.4. The Morgan fingerprint density at radius 1 is 1.16 bits per heavy atom. The predicted octanol–water partition coefficient (Wildman–Crippen LogP) is 3.94. The lowest BCUT2D eigenvalue weighted by Crippen LogP contribution is -2.06. The molecule has 0 saturated carbocycles. The van der Waals surface area contributed by atoms with Crippen LogP contribution in [0.25, 0.3) is 11.4 Å². The minimum Gasteiger partial charge on any atom is -0.488 e. The average molecular weight is 344 g/mol. The highest BCUT2D eigenvalue weighted by Crippen LogP contribution is 2.32. The molecule has 0 fully saturated rings. The second-order valence-corrected chi connectivity index (χ2v) is 5.14. The smallest absolute Gasteiger partial charge is 0.416 e. The van der Waals surface area contributed by atoms with Crippen molar-refractivity contribution < 1.29 is 17.9 Å². The predicted molar refractivity (Wildman–Crippen MR) is 82.3 cm³/mol. The first kappa shape index (κ1) is 16.5. The molecule has 2 aromatic carbocycles. The van der Waals surface area contributed by atoms with Crippen LogP contribution in [0, 0.1) is 11.3 Å². The number of halogens is 3. The van der Waals surface area contributed by atoms with Crippen molar-refractivity contribution in [3.8, 4) is 23.2 Å². The fourth-order valence-electron chi connectivity index (χ4n) is 2.23. The number of hydrogen-bond donors (Lipinski definition) is 1. The topological polar surface area (TPSA) is 74.6 Å². The van der Waals surface area contributed by atoms with Crippen LogP contribution < -0.4 is 4.74 Å². The zero-order chi connectivity index (χ0) is 17.9. The van der Waals surface area contributed by atoms with Gasteiger partial charge in [-0.15, -0.1) is 0 Å². The third-order valence-electron chi connectivity index (χ3n) is 3.44. The van der Waals surface area contributed by atoms with Crippen LogP contribution in [0.1, 0.15) is 16.7 Å². The summed E-state index contributed by atoms with van der Waals surface area (Å²) in [5.41, 5.74) is 0.522. The van der Waals surface area contributed by atoms with Gasteiger partial charge in [0.1, 0.15) is 24.8 Å². The van der Waals surface area contributed by atoms with Crippen LogP contribution in [-0.2, 0) is 12.8 Å². The summed E-state index contributed by atoms with van der Waals surface area (Å²) < 4.78 is 43.6. The Morgan fingerprint density at radius 2 is 2.00 bits per heavy atom. The maximum atomic E-state index is 12.7. The van der Waals surface area contributed by atoms with E-state index in [0.717, 1.165) is 29.3 Å². The average Bonchev–Trinajstić information content (AvgIpc) is 3.14. The molecule has 0 unspecified atom stereocenters. The standard InChI is InChI=1S/C17H11F3N4O/c18-17(19,20)14-4-5-15(13(7-14)8-21)25-9-11-2-1-3-12(6-11)16-22-10-23-24-16/h1-7,10H,9H2,(H,22,23,24). The van der Waals surface area contributed by atoms with Crippen molar-refractivity contribution in [1.29, 1.82) is 5.26 Å². The molecule has 8 heteroatoms. The Balaban J connectivity index is 1.78. The van der Waals surface area contributed by atoms with Crippen LogP contribution in [0.5, 0.6) is 5.75 Å². The molecule has 0 bridgehead atoms. The van der Waals surface area contributed by atoms with E-state index in [9.17, 15) is 13.2 Å². The summed E-state index contributed by atoms with van der Waals surface area (Å²) in [6.45, 7) is 0.0992. The Labute approximate surface area is 140 Å². The third kappa shape index (κ3) is 3.77. The minimum absolute atomic E-state index is 0.0977. The fraction of sp³-hybridized carbons (Fsp3) is 0.118. The van der Waals surface area contributed by atoms with Crippen molar-refractivity contribution in [2.24, 2.45) is 0 Å².